The smallest absolute Gasteiger partial charge is 0.125 e. The summed E-state index contributed by atoms with van der Waals surface area (Å²) in [6.07, 6.45) is 0. The van der Waals surface area contributed by atoms with Gasteiger partial charge in [0.05, 0.1) is 0 Å². The summed E-state index contributed by atoms with van der Waals surface area (Å²) in [5.74, 6) is 1.71. The van der Waals surface area contributed by atoms with Gasteiger partial charge < -0.3 is 10.1 Å². The average molecular weight is 249 g/mol. The molecule has 0 aliphatic carbocycles. The SMILES string of the molecule is Cc1ccc(C)c(OCCNC(C)C(C)C)c1C. The van der Waals surface area contributed by atoms with Crippen molar-refractivity contribution in [3.05, 3.63) is 28.8 Å². The largest absolute Gasteiger partial charge is 0.492 e. The van der Waals surface area contributed by atoms with Gasteiger partial charge in [0, 0.05) is 12.6 Å². The molecule has 0 radical (unpaired) electrons. The Morgan fingerprint density at radius 1 is 1.06 bits per heavy atom. The Bertz CT molecular complexity index is 385. The van der Waals surface area contributed by atoms with Crippen LogP contribution in [0.25, 0.3) is 0 Å². The summed E-state index contributed by atoms with van der Waals surface area (Å²) in [6.45, 7) is 14.7. The van der Waals surface area contributed by atoms with Crippen LogP contribution >= 0.6 is 0 Å². The van der Waals surface area contributed by atoms with E-state index in [0.717, 1.165) is 18.9 Å². The van der Waals surface area contributed by atoms with Crippen LogP contribution in [-0.2, 0) is 0 Å². The summed E-state index contributed by atoms with van der Waals surface area (Å²) in [6, 6.07) is 4.81. The van der Waals surface area contributed by atoms with Crippen molar-refractivity contribution in [2.24, 2.45) is 5.92 Å². The lowest BCUT2D eigenvalue weighted by atomic mass is 10.1. The Kier molecular flexibility index (Phi) is 5.67. The Morgan fingerprint density at radius 2 is 1.67 bits per heavy atom. The van der Waals surface area contributed by atoms with Crippen LogP contribution in [0.5, 0.6) is 5.75 Å². The van der Waals surface area contributed by atoms with E-state index in [-0.39, 0.29) is 0 Å². The normalized spacial score (nSPS) is 12.8. The van der Waals surface area contributed by atoms with Crippen LogP contribution in [0.1, 0.15) is 37.5 Å². The standard InChI is InChI=1S/C16H27NO/c1-11(2)15(6)17-9-10-18-16-13(4)8-7-12(3)14(16)5/h7-8,11,15,17H,9-10H2,1-6H3. The molecular weight excluding hydrogens is 222 g/mol. The van der Waals surface area contributed by atoms with E-state index in [1.807, 2.05) is 0 Å². The molecule has 1 aromatic rings. The van der Waals surface area contributed by atoms with E-state index in [1.54, 1.807) is 0 Å². The van der Waals surface area contributed by atoms with E-state index in [2.05, 4.69) is 59.0 Å². The fourth-order valence-corrected chi connectivity index (χ4v) is 1.82. The van der Waals surface area contributed by atoms with Gasteiger partial charge in [-0.25, -0.2) is 0 Å². The molecule has 0 aromatic heterocycles. The number of aryl methyl sites for hydroxylation is 2. The molecule has 1 N–H and O–H groups in total. The first-order chi connectivity index (χ1) is 8.43. The molecule has 0 bridgehead atoms. The Morgan fingerprint density at radius 3 is 2.28 bits per heavy atom. The van der Waals surface area contributed by atoms with Crippen molar-refractivity contribution in [3.63, 3.8) is 0 Å². The minimum atomic E-state index is 0.535. The van der Waals surface area contributed by atoms with E-state index in [0.29, 0.717) is 12.0 Å². The molecule has 0 spiro atoms. The molecule has 0 heterocycles. The Balaban J connectivity index is 2.47. The third-order valence-electron chi connectivity index (χ3n) is 3.69. The van der Waals surface area contributed by atoms with Gasteiger partial charge >= 0.3 is 0 Å². The minimum Gasteiger partial charge on any atom is -0.492 e. The first-order valence-corrected chi connectivity index (χ1v) is 6.86. The van der Waals surface area contributed by atoms with Gasteiger partial charge in [0.2, 0.25) is 0 Å². The average Bonchev–Trinajstić information content (AvgIpc) is 2.32. The van der Waals surface area contributed by atoms with Gasteiger partial charge in [0.25, 0.3) is 0 Å². The molecule has 0 saturated carbocycles. The number of benzene rings is 1. The summed E-state index contributed by atoms with van der Waals surface area (Å²) < 4.78 is 5.92. The fraction of sp³-hybridized carbons (Fsp3) is 0.625. The molecule has 0 saturated heterocycles. The molecule has 0 aliphatic heterocycles. The molecule has 18 heavy (non-hydrogen) atoms. The monoisotopic (exact) mass is 249 g/mol. The van der Waals surface area contributed by atoms with Gasteiger partial charge in [-0.05, 0) is 50.3 Å². The van der Waals surface area contributed by atoms with E-state index in [1.165, 1.54) is 16.7 Å². The second-order valence-electron chi connectivity index (χ2n) is 5.49. The number of nitrogens with one attached hydrogen (secondary N) is 1. The highest BCUT2D eigenvalue weighted by molar-refractivity contribution is 5.44. The molecule has 1 aromatic carbocycles. The maximum Gasteiger partial charge on any atom is 0.125 e. The molecule has 1 atom stereocenters. The van der Waals surface area contributed by atoms with E-state index in [9.17, 15) is 0 Å². The van der Waals surface area contributed by atoms with Crippen molar-refractivity contribution in [3.8, 4) is 5.75 Å². The number of hydrogen-bond donors (Lipinski definition) is 1. The molecule has 1 unspecified atom stereocenters. The molecule has 1 rings (SSSR count). The lowest BCUT2D eigenvalue weighted by Gasteiger charge is -2.18. The van der Waals surface area contributed by atoms with Crippen LogP contribution in [-0.4, -0.2) is 19.2 Å². The van der Waals surface area contributed by atoms with Crippen LogP contribution in [0, 0.1) is 26.7 Å². The van der Waals surface area contributed by atoms with E-state index >= 15 is 0 Å². The molecular formula is C16H27NO. The maximum absolute atomic E-state index is 5.92. The van der Waals surface area contributed by atoms with Crippen LogP contribution in [0.4, 0.5) is 0 Å². The van der Waals surface area contributed by atoms with Crippen molar-refractivity contribution in [1.82, 2.24) is 5.32 Å². The summed E-state index contributed by atoms with van der Waals surface area (Å²) in [5.41, 5.74) is 3.76. The summed E-state index contributed by atoms with van der Waals surface area (Å²) in [4.78, 5) is 0. The van der Waals surface area contributed by atoms with Gasteiger partial charge in [-0.2, -0.15) is 0 Å². The van der Waals surface area contributed by atoms with Gasteiger partial charge in [-0.1, -0.05) is 26.0 Å². The first kappa shape index (κ1) is 15.0. The van der Waals surface area contributed by atoms with Crippen LogP contribution in [0.15, 0.2) is 12.1 Å². The number of hydrogen-bond acceptors (Lipinski definition) is 2. The molecule has 2 nitrogen and oxygen atoms in total. The number of ether oxygens (including phenoxy) is 1. The Labute approximate surface area is 112 Å². The lowest BCUT2D eigenvalue weighted by molar-refractivity contribution is 0.293. The predicted molar refractivity (Wildman–Crippen MR) is 78.5 cm³/mol. The van der Waals surface area contributed by atoms with Gasteiger partial charge in [-0.3, -0.25) is 0 Å². The van der Waals surface area contributed by atoms with Crippen molar-refractivity contribution in [1.29, 1.82) is 0 Å². The van der Waals surface area contributed by atoms with Gasteiger partial charge in [0.15, 0.2) is 0 Å². The zero-order chi connectivity index (χ0) is 13.7. The first-order valence-electron chi connectivity index (χ1n) is 6.86. The molecule has 2 heteroatoms. The highest BCUT2D eigenvalue weighted by Crippen LogP contribution is 2.25. The minimum absolute atomic E-state index is 0.535. The Hall–Kier alpha value is -1.02. The summed E-state index contributed by atoms with van der Waals surface area (Å²) in [7, 11) is 0. The fourth-order valence-electron chi connectivity index (χ4n) is 1.82. The number of rotatable bonds is 6. The quantitative estimate of drug-likeness (QED) is 0.777. The zero-order valence-corrected chi connectivity index (χ0v) is 12.6. The van der Waals surface area contributed by atoms with E-state index < -0.39 is 0 Å². The highest BCUT2D eigenvalue weighted by atomic mass is 16.5. The topological polar surface area (TPSA) is 21.3 Å². The molecule has 102 valence electrons. The molecule has 0 amide bonds. The second kappa shape index (κ2) is 6.79. The van der Waals surface area contributed by atoms with Crippen LogP contribution in [0.3, 0.4) is 0 Å². The van der Waals surface area contributed by atoms with Crippen molar-refractivity contribution in [2.45, 2.75) is 47.6 Å². The highest BCUT2D eigenvalue weighted by Gasteiger charge is 2.08. The summed E-state index contributed by atoms with van der Waals surface area (Å²) in [5, 5.41) is 3.48. The van der Waals surface area contributed by atoms with Gasteiger partial charge in [-0.15, -0.1) is 0 Å². The molecule has 0 fully saturated rings. The van der Waals surface area contributed by atoms with Gasteiger partial charge in [0.1, 0.15) is 12.4 Å². The van der Waals surface area contributed by atoms with Crippen LogP contribution in [0.2, 0.25) is 0 Å². The van der Waals surface area contributed by atoms with Crippen molar-refractivity contribution >= 4 is 0 Å². The zero-order valence-electron chi connectivity index (χ0n) is 12.6. The van der Waals surface area contributed by atoms with Crippen LogP contribution < -0.4 is 10.1 Å². The van der Waals surface area contributed by atoms with Crippen molar-refractivity contribution in [2.75, 3.05) is 13.2 Å². The molecule has 0 aliphatic rings. The lowest BCUT2D eigenvalue weighted by Crippen LogP contribution is -2.34. The van der Waals surface area contributed by atoms with Crippen molar-refractivity contribution < 1.29 is 4.74 Å². The summed E-state index contributed by atoms with van der Waals surface area (Å²) >= 11 is 0. The third-order valence-corrected chi connectivity index (χ3v) is 3.69. The maximum atomic E-state index is 5.92. The van der Waals surface area contributed by atoms with E-state index in [4.69, 9.17) is 4.74 Å². The third kappa shape index (κ3) is 4.02. The second-order valence-corrected chi connectivity index (χ2v) is 5.49. The predicted octanol–water partition coefficient (Wildman–Crippen LogP) is 3.62.